The second-order valence-corrected chi connectivity index (χ2v) is 9.21. The maximum Gasteiger partial charge on any atom is 0.314 e. The molecule has 0 unspecified atom stereocenters. The highest BCUT2D eigenvalue weighted by molar-refractivity contribution is 6.30. The number of halogens is 1. The minimum atomic E-state index is -0.168. The molecule has 3 N–H and O–H groups in total. The zero-order chi connectivity index (χ0) is 26.9. The minimum Gasteiger partial charge on any atom is -0.356 e. The van der Waals surface area contributed by atoms with Gasteiger partial charge in [-0.25, -0.2) is 4.79 Å². The Morgan fingerprint density at radius 2 is 1.71 bits per heavy atom. The van der Waals surface area contributed by atoms with Crippen LogP contribution in [0.4, 0.5) is 4.79 Å². The molecule has 1 aliphatic rings. The van der Waals surface area contributed by atoms with Gasteiger partial charge in [0.1, 0.15) is 0 Å². The van der Waals surface area contributed by atoms with Gasteiger partial charge in [0.05, 0.1) is 0 Å². The first-order chi connectivity index (χ1) is 16.7. The summed E-state index contributed by atoms with van der Waals surface area (Å²) in [7, 11) is 1.59. The first-order valence-electron chi connectivity index (χ1n) is 12.9. The quantitative estimate of drug-likeness (QED) is 0.165. The van der Waals surface area contributed by atoms with Crippen molar-refractivity contribution in [2.45, 2.75) is 72.6 Å². The molecule has 0 bridgehead atoms. The van der Waals surface area contributed by atoms with Crippen molar-refractivity contribution < 1.29 is 9.59 Å². The zero-order valence-corrected chi connectivity index (χ0v) is 23.5. The molecule has 0 saturated heterocycles. The molecule has 1 saturated carbocycles. The van der Waals surface area contributed by atoms with Crippen molar-refractivity contribution in [2.75, 3.05) is 20.1 Å². The Labute approximate surface area is 220 Å². The van der Waals surface area contributed by atoms with Crippen LogP contribution in [0.1, 0.15) is 72.6 Å². The molecule has 200 valence electrons. The first kappa shape index (κ1) is 34.9. The third-order valence-electron chi connectivity index (χ3n) is 5.46. The molecule has 0 aromatic carbocycles. The molecule has 0 heterocycles. The molecule has 0 aromatic heterocycles. The molecule has 1 rings (SSSR count). The van der Waals surface area contributed by atoms with E-state index in [9.17, 15) is 9.59 Å². The normalized spacial score (nSPS) is 14.9. The fraction of sp³-hybridized carbons (Fsp3) is 0.586. The van der Waals surface area contributed by atoms with Crippen LogP contribution < -0.4 is 16.0 Å². The molecule has 5 nitrogen and oxygen atoms in total. The van der Waals surface area contributed by atoms with Crippen LogP contribution in [0.15, 0.2) is 60.7 Å². The fourth-order valence-electron chi connectivity index (χ4n) is 3.30. The Morgan fingerprint density at radius 1 is 1.09 bits per heavy atom. The van der Waals surface area contributed by atoms with Gasteiger partial charge in [-0.3, -0.25) is 4.79 Å². The van der Waals surface area contributed by atoms with E-state index in [2.05, 4.69) is 55.1 Å². The van der Waals surface area contributed by atoms with Gasteiger partial charge in [0.15, 0.2) is 0 Å². The summed E-state index contributed by atoms with van der Waals surface area (Å²) in [4.78, 5) is 22.4. The van der Waals surface area contributed by atoms with Crippen molar-refractivity contribution in [3.05, 3.63) is 60.7 Å². The molecule has 35 heavy (non-hydrogen) atoms. The number of amides is 3. The van der Waals surface area contributed by atoms with Gasteiger partial charge in [-0.1, -0.05) is 101 Å². The van der Waals surface area contributed by atoms with E-state index in [0.717, 1.165) is 25.8 Å². The molecule has 1 atom stereocenters. The Hall–Kier alpha value is -2.27. The van der Waals surface area contributed by atoms with Crippen LogP contribution in [0.2, 0.25) is 0 Å². The van der Waals surface area contributed by atoms with Crippen molar-refractivity contribution >= 4 is 23.5 Å². The van der Waals surface area contributed by atoms with E-state index in [0.29, 0.717) is 23.4 Å². The molecule has 6 heteroatoms. The molecule has 1 aliphatic carbocycles. The first-order valence-corrected chi connectivity index (χ1v) is 13.3. The summed E-state index contributed by atoms with van der Waals surface area (Å²) in [5, 5.41) is 8.67. The van der Waals surface area contributed by atoms with Crippen molar-refractivity contribution in [1.29, 1.82) is 0 Å². The lowest BCUT2D eigenvalue weighted by atomic mass is 9.95. The third-order valence-corrected chi connectivity index (χ3v) is 5.59. The Balaban J connectivity index is 0. The summed E-state index contributed by atoms with van der Waals surface area (Å²) >= 11 is 5.64. The van der Waals surface area contributed by atoms with Crippen LogP contribution in [0.5, 0.6) is 0 Å². The average Bonchev–Trinajstić information content (AvgIpc) is 3.12. The van der Waals surface area contributed by atoms with E-state index in [1.165, 1.54) is 25.7 Å². The number of hydrogen-bond acceptors (Lipinski definition) is 2. The highest BCUT2D eigenvalue weighted by atomic mass is 35.5. The van der Waals surface area contributed by atoms with Gasteiger partial charge >= 0.3 is 6.03 Å². The summed E-state index contributed by atoms with van der Waals surface area (Å²) in [6, 6.07) is -0.168. The Kier molecular flexibility index (Phi) is 24.8. The van der Waals surface area contributed by atoms with Crippen LogP contribution in [-0.4, -0.2) is 32.1 Å². The summed E-state index contributed by atoms with van der Waals surface area (Å²) in [6.07, 6.45) is 22.0. The zero-order valence-electron chi connectivity index (χ0n) is 22.7. The smallest absolute Gasteiger partial charge is 0.314 e. The van der Waals surface area contributed by atoms with Crippen LogP contribution >= 0.6 is 11.6 Å². The van der Waals surface area contributed by atoms with Gasteiger partial charge in [0.25, 0.3) is 0 Å². The molecule has 0 radical (unpaired) electrons. The molecular formula is C29H50ClN3O2. The number of nitrogens with one attached hydrogen (secondary N) is 3. The highest BCUT2D eigenvalue weighted by Crippen LogP contribution is 2.22. The van der Waals surface area contributed by atoms with Gasteiger partial charge in [-0.15, -0.1) is 0 Å². The standard InChI is InChI=1S/C11H19ClN2O.C10H19NO.C8H12/c1-8(2)10(6-5-9(3)12)7-14-11(15)13-4;1-2-11-10(12)9-7-5-3-4-6-8-9;1-3-5-7-8-6-4-2/h5-6,8,10H,3,7H2,1-2,4H3,(H2,13,14,15);9H,2-8H2,1H3,(H,11,12);3-7H,1,8H2,2H3/b6-5-;;6-4-,7-5-/t10-;;/m1../s1. The van der Waals surface area contributed by atoms with Gasteiger partial charge < -0.3 is 16.0 Å². The maximum atomic E-state index is 11.4. The predicted molar refractivity (Wildman–Crippen MR) is 154 cm³/mol. The second-order valence-electron chi connectivity index (χ2n) is 8.73. The van der Waals surface area contributed by atoms with Gasteiger partial charge in [-0.05, 0) is 51.0 Å². The van der Waals surface area contributed by atoms with E-state index in [1.54, 1.807) is 19.2 Å². The highest BCUT2D eigenvalue weighted by Gasteiger charge is 2.18. The van der Waals surface area contributed by atoms with Crippen molar-refractivity contribution in [1.82, 2.24) is 16.0 Å². The largest absolute Gasteiger partial charge is 0.356 e. The maximum absolute atomic E-state index is 11.4. The number of carbonyl (C=O) groups excluding carboxylic acids is 2. The monoisotopic (exact) mass is 507 g/mol. The van der Waals surface area contributed by atoms with Crippen molar-refractivity contribution in [2.24, 2.45) is 17.8 Å². The number of urea groups is 1. The third kappa shape index (κ3) is 23.3. The van der Waals surface area contributed by atoms with E-state index < -0.39 is 0 Å². The lowest BCUT2D eigenvalue weighted by Crippen LogP contribution is -2.36. The fourth-order valence-corrected chi connectivity index (χ4v) is 3.38. The van der Waals surface area contributed by atoms with Gasteiger partial charge in [0, 0.05) is 31.1 Å². The van der Waals surface area contributed by atoms with E-state index in [1.807, 2.05) is 32.1 Å². The lowest BCUT2D eigenvalue weighted by molar-refractivity contribution is -0.125. The summed E-state index contributed by atoms with van der Waals surface area (Å²) < 4.78 is 0. The van der Waals surface area contributed by atoms with Gasteiger partial charge in [-0.2, -0.15) is 0 Å². The van der Waals surface area contributed by atoms with Crippen LogP contribution in [0, 0.1) is 17.8 Å². The molecule has 3 amide bonds. The second kappa shape index (κ2) is 24.8. The van der Waals surface area contributed by atoms with Crippen molar-refractivity contribution in [3.63, 3.8) is 0 Å². The molecular weight excluding hydrogens is 458 g/mol. The minimum absolute atomic E-state index is 0.168. The lowest BCUT2D eigenvalue weighted by Gasteiger charge is -2.17. The summed E-state index contributed by atoms with van der Waals surface area (Å²) in [5.41, 5.74) is 0. The number of hydrogen-bond donors (Lipinski definition) is 3. The topological polar surface area (TPSA) is 70.2 Å². The Morgan fingerprint density at radius 3 is 2.17 bits per heavy atom. The van der Waals surface area contributed by atoms with Crippen molar-refractivity contribution in [3.8, 4) is 0 Å². The predicted octanol–water partition coefficient (Wildman–Crippen LogP) is 7.28. The van der Waals surface area contributed by atoms with Crippen LogP contribution in [-0.2, 0) is 4.79 Å². The summed E-state index contributed by atoms with van der Waals surface area (Å²) in [6.45, 7) is 16.7. The van der Waals surface area contributed by atoms with E-state index >= 15 is 0 Å². The van der Waals surface area contributed by atoms with Gasteiger partial charge in [0.2, 0.25) is 5.91 Å². The van der Waals surface area contributed by atoms with E-state index in [4.69, 9.17) is 11.6 Å². The molecule has 1 fully saturated rings. The molecule has 0 spiro atoms. The number of allylic oxidation sites excluding steroid dienone is 7. The van der Waals surface area contributed by atoms with Crippen LogP contribution in [0.25, 0.3) is 0 Å². The molecule has 0 aromatic rings. The number of carbonyl (C=O) groups is 2. The Bertz CT molecular complexity index is 661. The number of rotatable bonds is 10. The SMILES string of the molecule is C=C(Cl)/C=C\[C@H](CNC(=O)NC)C(C)C.C=C/C=C\C/C=C\C.CCNC(=O)C1CCCCCC1. The summed E-state index contributed by atoms with van der Waals surface area (Å²) in [5.74, 6) is 1.29. The van der Waals surface area contributed by atoms with E-state index in [-0.39, 0.29) is 17.9 Å². The van der Waals surface area contributed by atoms with Crippen LogP contribution in [0.3, 0.4) is 0 Å². The average molecular weight is 508 g/mol. The molecule has 0 aliphatic heterocycles.